The molecule has 2 aromatic rings. The first-order valence-electron chi connectivity index (χ1n) is 4.69. The first-order valence-corrected chi connectivity index (χ1v) is 5.07. The van der Waals surface area contributed by atoms with Crippen LogP contribution in [-0.4, -0.2) is 16.3 Å². The Kier molecular flexibility index (Phi) is 2.97. The summed E-state index contributed by atoms with van der Waals surface area (Å²) in [5.41, 5.74) is -0.499. The van der Waals surface area contributed by atoms with Crippen molar-refractivity contribution in [2.24, 2.45) is 0 Å². The van der Waals surface area contributed by atoms with Crippen molar-refractivity contribution in [1.82, 2.24) is 4.98 Å². The molecule has 0 aliphatic heterocycles. The minimum Gasteiger partial charge on any atom is -0.378 e. The summed E-state index contributed by atoms with van der Waals surface area (Å²) >= 11 is 5.77. The largest absolute Gasteiger partial charge is 0.420 e. The van der Waals surface area contributed by atoms with E-state index in [-0.39, 0.29) is 5.15 Å². The molecule has 0 aliphatic rings. The van der Waals surface area contributed by atoms with Crippen LogP contribution in [0, 0.1) is 0 Å². The number of hydrogen-bond acceptors (Lipinski definition) is 2. The number of hydrogen-bond donors (Lipinski definition) is 1. The highest BCUT2D eigenvalue weighted by Crippen LogP contribution is 2.34. The molecule has 0 saturated carbocycles. The minimum absolute atomic E-state index is 0.0543. The minimum atomic E-state index is -4.75. The Hall–Kier alpha value is -1.33. The molecule has 2 rings (SSSR count). The molecule has 1 aromatic carbocycles. The van der Waals surface area contributed by atoms with Gasteiger partial charge in [0.05, 0.1) is 5.69 Å². The number of aliphatic hydroxyl groups is 1. The molecule has 17 heavy (non-hydrogen) atoms. The Balaban J connectivity index is 2.58. The molecule has 1 unspecified atom stereocenters. The topological polar surface area (TPSA) is 33.1 Å². The fourth-order valence-corrected chi connectivity index (χ4v) is 1.75. The predicted molar refractivity (Wildman–Crippen MR) is 57.8 cm³/mol. The number of alkyl halides is 3. The van der Waals surface area contributed by atoms with Gasteiger partial charge in [0.15, 0.2) is 6.10 Å². The maximum atomic E-state index is 12.3. The van der Waals surface area contributed by atoms with Crippen LogP contribution in [0.4, 0.5) is 13.2 Å². The summed E-state index contributed by atoms with van der Waals surface area (Å²) in [6, 6.07) is 7.81. The highest BCUT2D eigenvalue weighted by molar-refractivity contribution is 6.34. The second-order valence-electron chi connectivity index (χ2n) is 3.50. The normalized spacial score (nSPS) is 13.9. The molecule has 2 nitrogen and oxygen atoms in total. The predicted octanol–water partition coefficient (Wildman–Crippen LogP) is 3.48. The van der Waals surface area contributed by atoms with E-state index in [1.807, 2.05) is 0 Å². The third-order valence-corrected chi connectivity index (χ3v) is 2.59. The van der Waals surface area contributed by atoms with E-state index in [1.54, 1.807) is 24.3 Å². The molecule has 0 radical (unpaired) electrons. The number of nitrogens with zero attached hydrogens (tertiary/aromatic N) is 1. The molecule has 0 amide bonds. The number of pyridine rings is 1. The van der Waals surface area contributed by atoms with Gasteiger partial charge in [0.25, 0.3) is 0 Å². The first-order chi connectivity index (χ1) is 7.89. The zero-order valence-electron chi connectivity index (χ0n) is 8.37. The van der Waals surface area contributed by atoms with Gasteiger partial charge in [0.1, 0.15) is 5.15 Å². The lowest BCUT2D eigenvalue weighted by molar-refractivity contribution is -0.207. The third kappa shape index (κ3) is 2.35. The van der Waals surface area contributed by atoms with E-state index in [0.717, 1.165) is 0 Å². The van der Waals surface area contributed by atoms with Gasteiger partial charge in [-0.15, -0.1) is 0 Å². The van der Waals surface area contributed by atoms with Crippen molar-refractivity contribution >= 4 is 22.4 Å². The summed E-state index contributed by atoms with van der Waals surface area (Å²) in [4.78, 5) is 3.56. The van der Waals surface area contributed by atoms with Crippen LogP contribution in [0.25, 0.3) is 10.8 Å². The molecule has 1 aromatic heterocycles. The molecule has 6 heteroatoms. The van der Waals surface area contributed by atoms with Gasteiger partial charge in [0, 0.05) is 5.39 Å². The van der Waals surface area contributed by atoms with E-state index in [1.165, 1.54) is 6.07 Å². The molecular formula is C11H7ClF3NO. The molecule has 0 saturated heterocycles. The Morgan fingerprint density at radius 2 is 1.88 bits per heavy atom. The Bertz CT molecular complexity index is 556. The number of benzene rings is 1. The van der Waals surface area contributed by atoms with Crippen LogP contribution in [-0.2, 0) is 0 Å². The Morgan fingerprint density at radius 1 is 1.24 bits per heavy atom. The second kappa shape index (κ2) is 4.16. The monoisotopic (exact) mass is 261 g/mol. The van der Waals surface area contributed by atoms with Crippen molar-refractivity contribution < 1.29 is 18.3 Å². The Morgan fingerprint density at radius 3 is 2.53 bits per heavy atom. The highest BCUT2D eigenvalue weighted by Gasteiger charge is 2.40. The second-order valence-corrected chi connectivity index (χ2v) is 3.86. The van der Waals surface area contributed by atoms with Gasteiger partial charge in [-0.25, -0.2) is 4.98 Å². The lowest BCUT2D eigenvalue weighted by atomic mass is 10.1. The zero-order valence-corrected chi connectivity index (χ0v) is 9.13. The molecule has 1 N–H and O–H groups in total. The molecule has 0 fully saturated rings. The van der Waals surface area contributed by atoms with Gasteiger partial charge in [-0.2, -0.15) is 13.2 Å². The highest BCUT2D eigenvalue weighted by atomic mass is 35.5. The molecule has 1 atom stereocenters. The van der Waals surface area contributed by atoms with Gasteiger partial charge in [-0.05, 0) is 11.5 Å². The van der Waals surface area contributed by atoms with Crippen LogP contribution in [0.5, 0.6) is 0 Å². The molecule has 0 aliphatic carbocycles. The van der Waals surface area contributed by atoms with Crippen molar-refractivity contribution in [2.75, 3.05) is 0 Å². The van der Waals surface area contributed by atoms with Crippen molar-refractivity contribution in [1.29, 1.82) is 0 Å². The van der Waals surface area contributed by atoms with E-state index in [2.05, 4.69) is 4.98 Å². The van der Waals surface area contributed by atoms with Gasteiger partial charge < -0.3 is 5.11 Å². The van der Waals surface area contributed by atoms with E-state index in [0.29, 0.717) is 10.8 Å². The van der Waals surface area contributed by atoms with Crippen LogP contribution < -0.4 is 0 Å². The summed E-state index contributed by atoms with van der Waals surface area (Å²) in [5.74, 6) is 0. The fourth-order valence-electron chi connectivity index (χ4n) is 1.48. The van der Waals surface area contributed by atoms with E-state index >= 15 is 0 Å². The van der Waals surface area contributed by atoms with E-state index in [4.69, 9.17) is 16.7 Å². The van der Waals surface area contributed by atoms with Crippen LogP contribution >= 0.6 is 11.6 Å². The smallest absolute Gasteiger partial charge is 0.378 e. The quantitative estimate of drug-likeness (QED) is 0.797. The van der Waals surface area contributed by atoms with Crippen molar-refractivity contribution in [3.63, 3.8) is 0 Å². The number of halogens is 4. The molecule has 0 bridgehead atoms. The van der Waals surface area contributed by atoms with Crippen LogP contribution in [0.15, 0.2) is 30.3 Å². The number of aliphatic hydroxyl groups excluding tert-OH is 1. The summed E-state index contributed by atoms with van der Waals surface area (Å²) in [5, 5.41) is 10.1. The maximum Gasteiger partial charge on any atom is 0.420 e. The third-order valence-electron chi connectivity index (χ3n) is 2.30. The molecule has 0 spiro atoms. The van der Waals surface area contributed by atoms with Gasteiger partial charge in [-0.3, -0.25) is 0 Å². The summed E-state index contributed by atoms with van der Waals surface area (Å²) in [6.07, 6.45) is -7.37. The van der Waals surface area contributed by atoms with E-state index in [9.17, 15) is 13.2 Å². The van der Waals surface area contributed by atoms with Gasteiger partial charge >= 0.3 is 6.18 Å². The number of aromatic nitrogens is 1. The lowest BCUT2D eigenvalue weighted by Crippen LogP contribution is -2.21. The van der Waals surface area contributed by atoms with Crippen LogP contribution in [0.2, 0.25) is 5.15 Å². The first kappa shape index (κ1) is 12.1. The van der Waals surface area contributed by atoms with Crippen molar-refractivity contribution in [3.05, 3.63) is 41.2 Å². The van der Waals surface area contributed by atoms with Crippen molar-refractivity contribution in [3.8, 4) is 0 Å². The lowest BCUT2D eigenvalue weighted by Gasteiger charge is -2.14. The average Bonchev–Trinajstić information content (AvgIpc) is 2.27. The average molecular weight is 262 g/mol. The summed E-state index contributed by atoms with van der Waals surface area (Å²) in [6.45, 7) is 0. The van der Waals surface area contributed by atoms with Crippen molar-refractivity contribution in [2.45, 2.75) is 12.3 Å². The molecule has 1 heterocycles. The zero-order chi connectivity index (χ0) is 12.6. The number of fused-ring (bicyclic) bond motifs is 1. The van der Waals surface area contributed by atoms with Gasteiger partial charge in [-0.1, -0.05) is 35.9 Å². The maximum absolute atomic E-state index is 12.3. The Labute approximate surface area is 99.7 Å². The van der Waals surface area contributed by atoms with Crippen LogP contribution in [0.3, 0.4) is 0 Å². The number of rotatable bonds is 1. The standard InChI is InChI=1S/C11H7ClF3NO/c12-10-7-4-2-1-3-6(7)5-8(16-10)9(17)11(13,14)15/h1-5,9,17H. The fraction of sp³-hybridized carbons (Fsp3) is 0.182. The molecule has 90 valence electrons. The van der Waals surface area contributed by atoms with E-state index < -0.39 is 18.0 Å². The van der Waals surface area contributed by atoms with Crippen LogP contribution in [0.1, 0.15) is 11.8 Å². The SMILES string of the molecule is OC(c1cc2ccccc2c(Cl)n1)C(F)(F)F. The summed E-state index contributed by atoms with van der Waals surface area (Å²) in [7, 11) is 0. The molecular weight excluding hydrogens is 255 g/mol. The summed E-state index contributed by atoms with van der Waals surface area (Å²) < 4.78 is 37.0. The van der Waals surface area contributed by atoms with Gasteiger partial charge in [0.2, 0.25) is 0 Å².